The summed E-state index contributed by atoms with van der Waals surface area (Å²) >= 11 is 0. The van der Waals surface area contributed by atoms with E-state index in [-0.39, 0.29) is 23.5 Å². The van der Waals surface area contributed by atoms with E-state index in [0.717, 1.165) is 0 Å². The molecular weight excluding hydrogens is 252 g/mol. The van der Waals surface area contributed by atoms with Gasteiger partial charge >= 0.3 is 0 Å². The van der Waals surface area contributed by atoms with E-state index >= 15 is 0 Å². The Balaban J connectivity index is 2.19. The molecule has 8 heteroatoms. The fraction of sp³-hybridized carbons (Fsp3) is 0.182. The summed E-state index contributed by atoms with van der Waals surface area (Å²) in [6.45, 7) is 1.84. The Morgan fingerprint density at radius 3 is 2.89 bits per heavy atom. The number of carbonyl (C=O) groups is 1. The minimum Gasteiger partial charge on any atom is -0.371 e. The molecule has 0 aliphatic rings. The first kappa shape index (κ1) is 12.7. The number of rotatable bonds is 5. The molecule has 1 N–H and O–H groups in total. The molecule has 0 bridgehead atoms. The Morgan fingerprint density at radius 1 is 1.53 bits per heavy atom. The first-order valence-electron chi connectivity index (χ1n) is 5.37. The zero-order valence-corrected chi connectivity index (χ0v) is 9.99. The highest BCUT2D eigenvalue weighted by atomic mass is 16.6. The lowest BCUT2D eigenvalue weighted by molar-refractivity contribution is -0.384. The lowest BCUT2D eigenvalue weighted by Gasteiger charge is -2.04. The number of nitro groups is 1. The quantitative estimate of drug-likeness (QED) is 0.496. The van der Waals surface area contributed by atoms with Crippen molar-refractivity contribution in [1.29, 1.82) is 0 Å². The number of aryl methyl sites for hydroxylation is 1. The van der Waals surface area contributed by atoms with E-state index in [1.54, 1.807) is 6.92 Å². The molecule has 1 aromatic heterocycles. The van der Waals surface area contributed by atoms with Gasteiger partial charge in [0.1, 0.15) is 12.0 Å². The average molecular weight is 262 g/mol. The van der Waals surface area contributed by atoms with E-state index in [0.29, 0.717) is 18.0 Å². The van der Waals surface area contributed by atoms with Crippen LogP contribution in [0.15, 0.2) is 22.7 Å². The Labute approximate surface area is 107 Å². The van der Waals surface area contributed by atoms with Crippen molar-refractivity contribution < 1.29 is 14.2 Å². The molecule has 0 amide bonds. The highest BCUT2D eigenvalue weighted by molar-refractivity contribution is 5.79. The average Bonchev–Trinajstić information content (AvgIpc) is 2.82. The molecule has 2 rings (SSSR count). The Morgan fingerprint density at radius 2 is 2.32 bits per heavy atom. The van der Waals surface area contributed by atoms with E-state index in [1.165, 1.54) is 18.2 Å². The number of hydrogen-bond acceptors (Lipinski definition) is 7. The van der Waals surface area contributed by atoms with Gasteiger partial charge in [0.05, 0.1) is 11.5 Å². The summed E-state index contributed by atoms with van der Waals surface area (Å²) in [6, 6.07) is 4.15. The third kappa shape index (κ3) is 2.92. The van der Waals surface area contributed by atoms with Gasteiger partial charge in [0.25, 0.3) is 5.69 Å². The third-order valence-corrected chi connectivity index (χ3v) is 2.35. The number of hydrogen-bond donors (Lipinski definition) is 1. The molecule has 0 atom stereocenters. The lowest BCUT2D eigenvalue weighted by Crippen LogP contribution is -2.03. The van der Waals surface area contributed by atoms with Gasteiger partial charge in [0.15, 0.2) is 5.82 Å². The van der Waals surface area contributed by atoms with Crippen LogP contribution in [0.5, 0.6) is 0 Å². The van der Waals surface area contributed by atoms with Crippen LogP contribution in [0, 0.1) is 17.0 Å². The van der Waals surface area contributed by atoms with Crippen LogP contribution in [-0.4, -0.2) is 21.4 Å². The van der Waals surface area contributed by atoms with Gasteiger partial charge in [-0.1, -0.05) is 5.16 Å². The van der Waals surface area contributed by atoms with Gasteiger partial charge < -0.3 is 9.84 Å². The van der Waals surface area contributed by atoms with Crippen molar-refractivity contribution in [2.75, 3.05) is 5.32 Å². The fourth-order valence-electron chi connectivity index (χ4n) is 1.51. The van der Waals surface area contributed by atoms with Crippen molar-refractivity contribution in [3.8, 4) is 0 Å². The zero-order valence-electron chi connectivity index (χ0n) is 9.99. The highest BCUT2D eigenvalue weighted by Crippen LogP contribution is 2.25. The number of anilines is 1. The molecule has 0 aliphatic carbocycles. The molecule has 0 aliphatic heterocycles. The van der Waals surface area contributed by atoms with E-state index in [1.807, 2.05) is 0 Å². The number of carbonyl (C=O) groups excluding carboxylic acids is 1. The molecule has 0 spiro atoms. The van der Waals surface area contributed by atoms with Crippen LogP contribution in [0.3, 0.4) is 0 Å². The van der Waals surface area contributed by atoms with Crippen LogP contribution in [0.2, 0.25) is 0 Å². The summed E-state index contributed by atoms with van der Waals surface area (Å²) in [4.78, 5) is 24.9. The van der Waals surface area contributed by atoms with Crippen LogP contribution in [0.4, 0.5) is 11.4 Å². The Kier molecular flexibility index (Phi) is 3.51. The second kappa shape index (κ2) is 5.25. The summed E-state index contributed by atoms with van der Waals surface area (Å²) in [5.74, 6) is 0.814. The predicted octanol–water partition coefficient (Wildman–Crippen LogP) is 1.71. The molecule has 0 saturated heterocycles. The molecule has 0 radical (unpaired) electrons. The van der Waals surface area contributed by atoms with Gasteiger partial charge in [0.2, 0.25) is 5.89 Å². The normalized spacial score (nSPS) is 10.2. The molecular formula is C11H10N4O4. The van der Waals surface area contributed by atoms with Crippen molar-refractivity contribution >= 4 is 17.7 Å². The van der Waals surface area contributed by atoms with Gasteiger partial charge in [0, 0.05) is 11.6 Å². The SMILES string of the molecule is Cc1noc(CNc2ccc(C=O)cc2[N+](=O)[O-])n1. The first-order chi connectivity index (χ1) is 9.10. The topological polar surface area (TPSA) is 111 Å². The summed E-state index contributed by atoms with van der Waals surface area (Å²) < 4.78 is 4.88. The first-order valence-corrected chi connectivity index (χ1v) is 5.37. The van der Waals surface area contributed by atoms with E-state index in [2.05, 4.69) is 15.5 Å². The Hall–Kier alpha value is -2.77. The smallest absolute Gasteiger partial charge is 0.293 e. The predicted molar refractivity (Wildman–Crippen MR) is 64.8 cm³/mol. The van der Waals surface area contributed by atoms with E-state index in [9.17, 15) is 14.9 Å². The molecule has 8 nitrogen and oxygen atoms in total. The number of nitro benzene ring substituents is 1. The monoisotopic (exact) mass is 262 g/mol. The molecule has 2 aromatic rings. The maximum atomic E-state index is 10.9. The summed E-state index contributed by atoms with van der Waals surface area (Å²) in [7, 11) is 0. The van der Waals surface area contributed by atoms with Crippen molar-refractivity contribution in [3.63, 3.8) is 0 Å². The van der Waals surface area contributed by atoms with Crippen LogP contribution < -0.4 is 5.32 Å². The van der Waals surface area contributed by atoms with Crippen LogP contribution >= 0.6 is 0 Å². The van der Waals surface area contributed by atoms with Crippen molar-refractivity contribution in [1.82, 2.24) is 10.1 Å². The fourth-order valence-corrected chi connectivity index (χ4v) is 1.51. The van der Waals surface area contributed by atoms with Crippen molar-refractivity contribution in [2.24, 2.45) is 0 Å². The number of nitrogens with one attached hydrogen (secondary N) is 1. The van der Waals surface area contributed by atoms with Crippen LogP contribution in [0.1, 0.15) is 22.1 Å². The maximum absolute atomic E-state index is 10.9. The van der Waals surface area contributed by atoms with Crippen LogP contribution in [-0.2, 0) is 6.54 Å². The lowest BCUT2D eigenvalue weighted by atomic mass is 10.2. The number of aldehydes is 1. The summed E-state index contributed by atoms with van der Waals surface area (Å²) in [5, 5.41) is 17.3. The minimum absolute atomic E-state index is 0.169. The molecule has 98 valence electrons. The van der Waals surface area contributed by atoms with E-state index in [4.69, 9.17) is 4.52 Å². The maximum Gasteiger partial charge on any atom is 0.293 e. The van der Waals surface area contributed by atoms with Gasteiger partial charge in [-0.05, 0) is 19.1 Å². The summed E-state index contributed by atoms with van der Waals surface area (Å²) in [6.07, 6.45) is 0.554. The standard InChI is InChI=1S/C11H10N4O4/c1-7-13-11(19-14-7)5-12-9-3-2-8(6-16)4-10(9)15(17)18/h2-4,6,12H,5H2,1H3. The van der Waals surface area contributed by atoms with E-state index < -0.39 is 4.92 Å². The van der Waals surface area contributed by atoms with Crippen LogP contribution in [0.25, 0.3) is 0 Å². The summed E-state index contributed by atoms with van der Waals surface area (Å²) in [5.41, 5.74) is 0.346. The number of nitrogens with zero attached hydrogens (tertiary/aromatic N) is 3. The third-order valence-electron chi connectivity index (χ3n) is 2.35. The van der Waals surface area contributed by atoms with Crippen molar-refractivity contribution in [3.05, 3.63) is 45.6 Å². The number of aromatic nitrogens is 2. The highest BCUT2D eigenvalue weighted by Gasteiger charge is 2.15. The molecule has 0 saturated carbocycles. The second-order valence-electron chi connectivity index (χ2n) is 3.74. The Bertz CT molecular complexity index is 623. The molecule has 0 fully saturated rings. The number of benzene rings is 1. The molecule has 1 heterocycles. The van der Waals surface area contributed by atoms with Gasteiger partial charge in [-0.25, -0.2) is 0 Å². The largest absolute Gasteiger partial charge is 0.371 e. The minimum atomic E-state index is -0.561. The van der Waals surface area contributed by atoms with Gasteiger partial charge in [-0.15, -0.1) is 0 Å². The second-order valence-corrected chi connectivity index (χ2v) is 3.74. The van der Waals surface area contributed by atoms with Crippen molar-refractivity contribution in [2.45, 2.75) is 13.5 Å². The van der Waals surface area contributed by atoms with Gasteiger partial charge in [-0.2, -0.15) is 4.98 Å². The zero-order chi connectivity index (χ0) is 13.8. The molecule has 1 aromatic carbocycles. The molecule has 19 heavy (non-hydrogen) atoms. The molecule has 0 unspecified atom stereocenters. The van der Waals surface area contributed by atoms with Gasteiger partial charge in [-0.3, -0.25) is 14.9 Å².